The molecule has 2 aliphatic rings. The summed E-state index contributed by atoms with van der Waals surface area (Å²) in [7, 11) is 0. The fourth-order valence-electron chi connectivity index (χ4n) is 4.94. The van der Waals surface area contributed by atoms with Crippen LogP contribution in [0, 0.1) is 18.8 Å². The van der Waals surface area contributed by atoms with Gasteiger partial charge in [0.2, 0.25) is 0 Å². The second-order valence-corrected chi connectivity index (χ2v) is 9.49. The molecule has 0 amide bonds. The predicted molar refractivity (Wildman–Crippen MR) is 148 cm³/mol. The highest BCUT2D eigenvalue weighted by Crippen LogP contribution is 2.21. The molecule has 0 aromatic heterocycles. The van der Waals surface area contributed by atoms with Crippen LogP contribution in [0.15, 0.2) is 29.3 Å². The van der Waals surface area contributed by atoms with E-state index in [4.69, 9.17) is 4.99 Å². The predicted octanol–water partition coefficient (Wildman–Crippen LogP) is 4.45. The molecular weight excluding hydrogens is 509 g/mol. The number of aryl methyl sites for hydroxylation is 1. The molecule has 0 radical (unpaired) electrons. The van der Waals surface area contributed by atoms with Crippen LogP contribution in [0.3, 0.4) is 0 Å². The first-order valence-corrected chi connectivity index (χ1v) is 12.6. The maximum atomic E-state index is 5.09. The molecule has 182 valence electrons. The molecule has 1 aromatic rings. The average Bonchev–Trinajstić information content (AvgIpc) is 3.26. The van der Waals surface area contributed by atoms with E-state index in [-0.39, 0.29) is 24.0 Å². The third-order valence-electron chi connectivity index (χ3n) is 7.06. The second kappa shape index (κ2) is 14.4. The van der Waals surface area contributed by atoms with Crippen molar-refractivity contribution in [1.29, 1.82) is 0 Å². The van der Waals surface area contributed by atoms with E-state index >= 15 is 0 Å². The molecule has 2 fully saturated rings. The van der Waals surface area contributed by atoms with Crippen molar-refractivity contribution in [2.24, 2.45) is 16.8 Å². The van der Waals surface area contributed by atoms with Crippen molar-refractivity contribution in [1.82, 2.24) is 20.0 Å². The normalized spacial score (nSPS) is 20.6. The Hall–Kier alpha value is -0.860. The van der Waals surface area contributed by atoms with E-state index in [2.05, 4.69) is 72.0 Å². The minimum Gasteiger partial charge on any atom is -0.357 e. The second-order valence-electron chi connectivity index (χ2n) is 9.49. The summed E-state index contributed by atoms with van der Waals surface area (Å²) in [6, 6.07) is 9.00. The molecule has 1 atom stereocenters. The lowest BCUT2D eigenvalue weighted by molar-refractivity contribution is 0.180. The van der Waals surface area contributed by atoms with Gasteiger partial charge in [-0.2, -0.15) is 0 Å². The first-order chi connectivity index (χ1) is 15.1. The molecule has 32 heavy (non-hydrogen) atoms. The minimum atomic E-state index is 0. The van der Waals surface area contributed by atoms with Crippen LogP contribution in [-0.4, -0.2) is 79.6 Å². The first kappa shape index (κ1) is 27.4. The van der Waals surface area contributed by atoms with E-state index in [0.29, 0.717) is 0 Å². The molecule has 2 saturated heterocycles. The van der Waals surface area contributed by atoms with Gasteiger partial charge in [0.05, 0.1) is 0 Å². The first-order valence-electron chi connectivity index (χ1n) is 12.6. The Labute approximate surface area is 214 Å². The van der Waals surface area contributed by atoms with E-state index < -0.39 is 0 Å². The van der Waals surface area contributed by atoms with E-state index in [9.17, 15) is 0 Å². The van der Waals surface area contributed by atoms with Crippen molar-refractivity contribution in [3.8, 4) is 0 Å². The van der Waals surface area contributed by atoms with Gasteiger partial charge < -0.3 is 15.1 Å². The molecular formula is C26H46IN5. The molecule has 2 aliphatic heterocycles. The van der Waals surface area contributed by atoms with Gasteiger partial charge in [0, 0.05) is 39.3 Å². The fourth-order valence-corrected chi connectivity index (χ4v) is 4.94. The van der Waals surface area contributed by atoms with Crippen LogP contribution in [0.2, 0.25) is 0 Å². The SMILES string of the molecule is CCNC(=NCC1CCN(Cc2ccc(C)cc2)CC1)N1CCC(CN(CC)CC)C1.I. The van der Waals surface area contributed by atoms with Crippen LogP contribution in [0.4, 0.5) is 0 Å². The lowest BCUT2D eigenvalue weighted by Crippen LogP contribution is -2.41. The number of aliphatic imine (C=N–C) groups is 1. The van der Waals surface area contributed by atoms with E-state index in [1.165, 1.54) is 50.0 Å². The van der Waals surface area contributed by atoms with Crippen molar-refractivity contribution < 1.29 is 0 Å². The summed E-state index contributed by atoms with van der Waals surface area (Å²) in [5, 5.41) is 3.56. The van der Waals surface area contributed by atoms with Gasteiger partial charge in [0.1, 0.15) is 0 Å². The number of piperidine rings is 1. The Bertz CT molecular complexity index is 665. The number of guanidine groups is 1. The van der Waals surface area contributed by atoms with Gasteiger partial charge >= 0.3 is 0 Å². The summed E-state index contributed by atoms with van der Waals surface area (Å²) in [4.78, 5) is 12.8. The third kappa shape index (κ3) is 8.49. The lowest BCUT2D eigenvalue weighted by Gasteiger charge is -2.31. The van der Waals surface area contributed by atoms with Crippen molar-refractivity contribution in [3.63, 3.8) is 0 Å². The van der Waals surface area contributed by atoms with Gasteiger partial charge in [0.25, 0.3) is 0 Å². The molecule has 0 aliphatic carbocycles. The molecule has 6 heteroatoms. The van der Waals surface area contributed by atoms with Crippen LogP contribution >= 0.6 is 24.0 Å². The number of hydrogen-bond donors (Lipinski definition) is 1. The number of nitrogens with one attached hydrogen (secondary N) is 1. The molecule has 1 N–H and O–H groups in total. The summed E-state index contributed by atoms with van der Waals surface area (Å²) in [5.74, 6) is 2.64. The highest BCUT2D eigenvalue weighted by molar-refractivity contribution is 14.0. The summed E-state index contributed by atoms with van der Waals surface area (Å²) in [6.07, 6.45) is 3.82. The molecule has 2 heterocycles. The van der Waals surface area contributed by atoms with E-state index in [0.717, 1.165) is 63.6 Å². The third-order valence-corrected chi connectivity index (χ3v) is 7.06. The Morgan fingerprint density at radius 3 is 2.28 bits per heavy atom. The van der Waals surface area contributed by atoms with Crippen molar-refractivity contribution in [3.05, 3.63) is 35.4 Å². The van der Waals surface area contributed by atoms with Gasteiger partial charge in [-0.05, 0) is 76.7 Å². The quantitative estimate of drug-likeness (QED) is 0.278. The Balaban J connectivity index is 0.00000363. The van der Waals surface area contributed by atoms with Crippen molar-refractivity contribution in [2.45, 2.75) is 53.5 Å². The molecule has 0 bridgehead atoms. The summed E-state index contributed by atoms with van der Waals surface area (Å²) in [5.41, 5.74) is 2.78. The summed E-state index contributed by atoms with van der Waals surface area (Å²) in [6.45, 7) is 20.1. The van der Waals surface area contributed by atoms with Crippen LogP contribution in [0.5, 0.6) is 0 Å². The number of likely N-dealkylation sites (tertiary alicyclic amines) is 2. The molecule has 5 nitrogen and oxygen atoms in total. The zero-order valence-corrected chi connectivity index (χ0v) is 23.2. The molecule has 0 spiro atoms. The highest BCUT2D eigenvalue weighted by atomic mass is 127. The largest absolute Gasteiger partial charge is 0.357 e. The van der Waals surface area contributed by atoms with Crippen LogP contribution in [0.25, 0.3) is 0 Å². The van der Waals surface area contributed by atoms with Gasteiger partial charge in [-0.25, -0.2) is 0 Å². The fraction of sp³-hybridized carbons (Fsp3) is 0.731. The topological polar surface area (TPSA) is 34.1 Å². The van der Waals surface area contributed by atoms with E-state index in [1.807, 2.05) is 0 Å². The maximum Gasteiger partial charge on any atom is 0.193 e. The lowest BCUT2D eigenvalue weighted by atomic mass is 9.96. The van der Waals surface area contributed by atoms with Crippen molar-refractivity contribution in [2.75, 3.05) is 58.9 Å². The van der Waals surface area contributed by atoms with Gasteiger partial charge in [-0.3, -0.25) is 9.89 Å². The smallest absolute Gasteiger partial charge is 0.193 e. The molecule has 1 unspecified atom stereocenters. The number of hydrogen-bond acceptors (Lipinski definition) is 3. The molecule has 3 rings (SSSR count). The Morgan fingerprint density at radius 1 is 1.00 bits per heavy atom. The van der Waals surface area contributed by atoms with Gasteiger partial charge in [0.15, 0.2) is 5.96 Å². The average molecular weight is 556 g/mol. The summed E-state index contributed by atoms with van der Waals surface area (Å²) >= 11 is 0. The zero-order valence-electron chi connectivity index (χ0n) is 20.9. The van der Waals surface area contributed by atoms with Gasteiger partial charge in [-0.1, -0.05) is 43.7 Å². The standard InChI is InChI=1S/C26H45N5.HI/c1-5-27-26(31-17-14-25(21-31)20-29(6-2)7-3)28-18-23-12-15-30(16-13-23)19-24-10-8-22(4)9-11-24;/h8-11,23,25H,5-7,12-21H2,1-4H3,(H,27,28);1H. The van der Waals surface area contributed by atoms with Crippen LogP contribution in [0.1, 0.15) is 51.2 Å². The number of nitrogens with zero attached hydrogens (tertiary/aromatic N) is 4. The van der Waals surface area contributed by atoms with Gasteiger partial charge in [-0.15, -0.1) is 24.0 Å². The Morgan fingerprint density at radius 2 is 1.66 bits per heavy atom. The summed E-state index contributed by atoms with van der Waals surface area (Å²) < 4.78 is 0. The minimum absolute atomic E-state index is 0. The number of halogens is 1. The zero-order chi connectivity index (χ0) is 22.1. The maximum absolute atomic E-state index is 5.09. The molecule has 1 aromatic carbocycles. The number of benzene rings is 1. The number of rotatable bonds is 9. The van der Waals surface area contributed by atoms with Crippen LogP contribution in [-0.2, 0) is 6.54 Å². The Kier molecular flexibility index (Phi) is 12.3. The van der Waals surface area contributed by atoms with Crippen LogP contribution < -0.4 is 5.32 Å². The highest BCUT2D eigenvalue weighted by Gasteiger charge is 2.26. The van der Waals surface area contributed by atoms with E-state index in [1.54, 1.807) is 0 Å². The van der Waals surface area contributed by atoms with Crippen molar-refractivity contribution >= 4 is 29.9 Å². The molecule has 0 saturated carbocycles. The monoisotopic (exact) mass is 555 g/mol.